The summed E-state index contributed by atoms with van der Waals surface area (Å²) >= 11 is 0. The molecule has 21 heavy (non-hydrogen) atoms. The number of halogens is 2. The van der Waals surface area contributed by atoms with Gasteiger partial charge in [0.1, 0.15) is 17.7 Å². The molecule has 1 fully saturated rings. The van der Waals surface area contributed by atoms with Crippen molar-refractivity contribution in [3.8, 4) is 0 Å². The Labute approximate surface area is 122 Å². The maximum Gasteiger partial charge on any atom is 0.248 e. The zero-order valence-electron chi connectivity index (χ0n) is 12.0. The fourth-order valence-electron chi connectivity index (χ4n) is 3.29. The molecule has 0 aromatic heterocycles. The van der Waals surface area contributed by atoms with Gasteiger partial charge in [-0.2, -0.15) is 0 Å². The van der Waals surface area contributed by atoms with Crippen LogP contribution in [0.3, 0.4) is 0 Å². The van der Waals surface area contributed by atoms with Crippen molar-refractivity contribution in [2.45, 2.75) is 31.3 Å². The van der Waals surface area contributed by atoms with Crippen molar-refractivity contribution in [2.24, 2.45) is 5.73 Å². The van der Waals surface area contributed by atoms with Crippen molar-refractivity contribution < 1.29 is 13.6 Å². The summed E-state index contributed by atoms with van der Waals surface area (Å²) in [5.41, 5.74) is 6.20. The monoisotopic (exact) mass is 295 g/mol. The standard InChI is InChI=1S/C15H19F2N3O/c1-19-5-3-2-4-10(19)8-20-12-7-9(16)6-11(17)13(12)14(18)15(20)21/h6-7,10,14H,2-5,8,18H2,1H3. The number of nitrogens with zero attached hydrogens (tertiary/aromatic N) is 2. The summed E-state index contributed by atoms with van der Waals surface area (Å²) in [6.07, 6.45) is 3.22. The Kier molecular flexibility index (Phi) is 3.67. The van der Waals surface area contributed by atoms with E-state index in [0.717, 1.165) is 31.9 Å². The van der Waals surface area contributed by atoms with Crippen LogP contribution in [0, 0.1) is 11.6 Å². The van der Waals surface area contributed by atoms with E-state index in [1.54, 1.807) is 0 Å². The number of amides is 1. The van der Waals surface area contributed by atoms with Crippen LogP contribution < -0.4 is 10.6 Å². The predicted octanol–water partition coefficient (Wildman–Crippen LogP) is 1.80. The molecule has 1 amide bonds. The van der Waals surface area contributed by atoms with Gasteiger partial charge in [-0.3, -0.25) is 4.79 Å². The summed E-state index contributed by atoms with van der Waals surface area (Å²) < 4.78 is 27.4. The first kappa shape index (κ1) is 14.4. The molecule has 0 bridgehead atoms. The van der Waals surface area contributed by atoms with Gasteiger partial charge >= 0.3 is 0 Å². The van der Waals surface area contributed by atoms with E-state index >= 15 is 0 Å². The molecule has 2 unspecified atom stereocenters. The molecular formula is C15H19F2N3O. The molecule has 1 saturated heterocycles. The summed E-state index contributed by atoms with van der Waals surface area (Å²) in [4.78, 5) is 15.9. The maximum atomic E-state index is 13.9. The Morgan fingerprint density at radius 1 is 1.33 bits per heavy atom. The van der Waals surface area contributed by atoms with Crippen LogP contribution in [0.5, 0.6) is 0 Å². The van der Waals surface area contributed by atoms with Gasteiger partial charge in [-0.25, -0.2) is 8.78 Å². The molecule has 0 saturated carbocycles. The van der Waals surface area contributed by atoms with E-state index in [1.807, 2.05) is 7.05 Å². The summed E-state index contributed by atoms with van der Waals surface area (Å²) in [7, 11) is 2.01. The van der Waals surface area contributed by atoms with Crippen molar-refractivity contribution in [3.63, 3.8) is 0 Å². The van der Waals surface area contributed by atoms with E-state index in [4.69, 9.17) is 5.73 Å². The molecule has 6 heteroatoms. The molecule has 0 aliphatic carbocycles. The van der Waals surface area contributed by atoms with Crippen LogP contribution in [0.1, 0.15) is 30.9 Å². The second-order valence-corrected chi connectivity index (χ2v) is 5.88. The summed E-state index contributed by atoms with van der Waals surface area (Å²) in [5, 5.41) is 0. The van der Waals surface area contributed by atoms with Gasteiger partial charge in [-0.05, 0) is 32.5 Å². The topological polar surface area (TPSA) is 49.6 Å². The van der Waals surface area contributed by atoms with Gasteiger partial charge in [0.2, 0.25) is 5.91 Å². The number of carbonyl (C=O) groups excluding carboxylic acids is 1. The molecular weight excluding hydrogens is 276 g/mol. The van der Waals surface area contributed by atoms with E-state index in [9.17, 15) is 13.6 Å². The van der Waals surface area contributed by atoms with E-state index in [0.29, 0.717) is 6.54 Å². The smallest absolute Gasteiger partial charge is 0.248 e. The molecule has 2 heterocycles. The van der Waals surface area contributed by atoms with Crippen LogP contribution in [0.25, 0.3) is 0 Å². The lowest BCUT2D eigenvalue weighted by Gasteiger charge is -2.35. The van der Waals surface area contributed by atoms with Crippen LogP contribution in [0.4, 0.5) is 14.5 Å². The zero-order valence-corrected chi connectivity index (χ0v) is 12.0. The first-order valence-electron chi connectivity index (χ1n) is 7.25. The Bertz CT molecular complexity index is 578. The minimum absolute atomic E-state index is 0.111. The van der Waals surface area contributed by atoms with Gasteiger partial charge in [0, 0.05) is 24.2 Å². The van der Waals surface area contributed by atoms with Crippen molar-refractivity contribution in [1.82, 2.24) is 4.90 Å². The SMILES string of the molecule is CN1CCCCC1CN1C(=O)C(N)c2c(F)cc(F)cc21. The second kappa shape index (κ2) is 5.35. The third-order valence-corrected chi connectivity index (χ3v) is 4.52. The molecule has 2 aliphatic heterocycles. The Balaban J connectivity index is 1.92. The number of piperidine rings is 1. The average molecular weight is 295 g/mol. The number of hydrogen-bond acceptors (Lipinski definition) is 3. The highest BCUT2D eigenvalue weighted by Gasteiger charge is 2.39. The number of fused-ring (bicyclic) bond motifs is 1. The first-order valence-corrected chi connectivity index (χ1v) is 7.25. The number of anilines is 1. The lowest BCUT2D eigenvalue weighted by atomic mass is 10.0. The van der Waals surface area contributed by atoms with Crippen LogP contribution >= 0.6 is 0 Å². The van der Waals surface area contributed by atoms with Crippen molar-refractivity contribution in [2.75, 3.05) is 25.0 Å². The second-order valence-electron chi connectivity index (χ2n) is 5.88. The van der Waals surface area contributed by atoms with Crippen LogP contribution in [0.15, 0.2) is 12.1 Å². The van der Waals surface area contributed by atoms with Gasteiger partial charge in [0.05, 0.1) is 5.69 Å². The number of likely N-dealkylation sites (N-methyl/N-ethyl adjacent to an activating group) is 1. The summed E-state index contributed by atoms with van der Waals surface area (Å²) in [6.45, 7) is 1.40. The average Bonchev–Trinajstić information content (AvgIpc) is 2.66. The van der Waals surface area contributed by atoms with E-state index in [1.165, 1.54) is 11.0 Å². The van der Waals surface area contributed by atoms with E-state index < -0.39 is 17.7 Å². The van der Waals surface area contributed by atoms with Crippen molar-refractivity contribution in [3.05, 3.63) is 29.3 Å². The van der Waals surface area contributed by atoms with E-state index in [-0.39, 0.29) is 23.2 Å². The van der Waals surface area contributed by atoms with Crippen molar-refractivity contribution >= 4 is 11.6 Å². The summed E-state index contributed by atoms with van der Waals surface area (Å²) in [5.74, 6) is -1.78. The lowest BCUT2D eigenvalue weighted by Crippen LogP contribution is -2.46. The molecule has 3 rings (SSSR count). The van der Waals surface area contributed by atoms with Gasteiger partial charge < -0.3 is 15.5 Å². The number of rotatable bonds is 2. The van der Waals surface area contributed by atoms with Gasteiger partial charge in [-0.1, -0.05) is 6.42 Å². The lowest BCUT2D eigenvalue weighted by molar-refractivity contribution is -0.119. The maximum absolute atomic E-state index is 13.9. The van der Waals surface area contributed by atoms with Crippen LogP contribution in [0.2, 0.25) is 0 Å². The van der Waals surface area contributed by atoms with Crippen molar-refractivity contribution in [1.29, 1.82) is 0 Å². The quantitative estimate of drug-likeness (QED) is 0.905. The van der Waals surface area contributed by atoms with Crippen LogP contribution in [-0.4, -0.2) is 37.0 Å². The minimum atomic E-state index is -1.03. The highest BCUT2D eigenvalue weighted by atomic mass is 19.1. The first-order chi connectivity index (χ1) is 9.99. The molecule has 1 aromatic rings. The fraction of sp³-hybridized carbons (Fsp3) is 0.533. The zero-order chi connectivity index (χ0) is 15.1. The molecule has 114 valence electrons. The summed E-state index contributed by atoms with van der Waals surface area (Å²) in [6, 6.07) is 1.15. The number of hydrogen-bond donors (Lipinski definition) is 1. The number of carbonyl (C=O) groups is 1. The highest BCUT2D eigenvalue weighted by Crippen LogP contribution is 2.37. The minimum Gasteiger partial charge on any atom is -0.316 e. The van der Waals surface area contributed by atoms with Gasteiger partial charge in [-0.15, -0.1) is 0 Å². The highest BCUT2D eigenvalue weighted by molar-refractivity contribution is 6.04. The Hall–Kier alpha value is -1.53. The fourth-order valence-corrected chi connectivity index (χ4v) is 3.29. The van der Waals surface area contributed by atoms with E-state index in [2.05, 4.69) is 4.90 Å². The molecule has 4 nitrogen and oxygen atoms in total. The number of likely N-dealkylation sites (tertiary alicyclic amines) is 1. The Morgan fingerprint density at radius 2 is 2.10 bits per heavy atom. The molecule has 0 radical (unpaired) electrons. The van der Waals surface area contributed by atoms with Crippen LogP contribution in [-0.2, 0) is 4.79 Å². The molecule has 2 aliphatic rings. The van der Waals surface area contributed by atoms with Gasteiger partial charge in [0.15, 0.2) is 0 Å². The molecule has 0 spiro atoms. The number of nitrogens with two attached hydrogens (primary N) is 1. The molecule has 2 N–H and O–H groups in total. The largest absolute Gasteiger partial charge is 0.316 e. The normalized spacial score (nSPS) is 26.3. The third kappa shape index (κ3) is 2.42. The molecule has 1 aromatic carbocycles. The molecule has 2 atom stereocenters. The van der Waals surface area contributed by atoms with Gasteiger partial charge in [0.25, 0.3) is 0 Å². The third-order valence-electron chi connectivity index (χ3n) is 4.52. The predicted molar refractivity (Wildman–Crippen MR) is 75.9 cm³/mol. The Morgan fingerprint density at radius 3 is 2.81 bits per heavy atom. The number of benzene rings is 1.